The Balaban J connectivity index is 2.19. The molecule has 1 aromatic carbocycles. The maximum Gasteiger partial charge on any atom is 0.0806 e. The van der Waals surface area contributed by atoms with Gasteiger partial charge in [0.2, 0.25) is 0 Å². The fourth-order valence-corrected chi connectivity index (χ4v) is 2.01. The average molecular weight is 313 g/mol. The molecule has 88 valence electrons. The highest BCUT2D eigenvalue weighted by molar-refractivity contribution is 9.10. The number of nitrogens with zero attached hydrogens (tertiary/aromatic N) is 2. The fraction of sp³-hybridized carbons (Fsp3) is 0.167. The van der Waals surface area contributed by atoms with Gasteiger partial charge in [-0.2, -0.15) is 0 Å². The quantitative estimate of drug-likeness (QED) is 0.928. The molecule has 0 radical (unpaired) electrons. The summed E-state index contributed by atoms with van der Waals surface area (Å²) in [6.07, 6.45) is 5.09. The van der Waals surface area contributed by atoms with Crippen molar-refractivity contribution >= 4 is 33.2 Å². The second-order valence-electron chi connectivity index (χ2n) is 3.60. The van der Waals surface area contributed by atoms with Crippen LogP contribution in [0.3, 0.4) is 0 Å². The fourth-order valence-electron chi connectivity index (χ4n) is 1.46. The minimum Gasteiger partial charge on any atom is -0.376 e. The third kappa shape index (κ3) is 2.96. The van der Waals surface area contributed by atoms with Crippen LogP contribution in [-0.2, 0) is 0 Å². The van der Waals surface area contributed by atoms with Crippen molar-refractivity contribution in [1.82, 2.24) is 9.97 Å². The molecule has 1 atom stereocenters. The molecule has 1 heterocycles. The highest BCUT2D eigenvalue weighted by Crippen LogP contribution is 2.31. The van der Waals surface area contributed by atoms with E-state index < -0.39 is 0 Å². The summed E-state index contributed by atoms with van der Waals surface area (Å²) in [5.74, 6) is 0. The molecule has 1 N–H and O–H groups in total. The van der Waals surface area contributed by atoms with E-state index in [1.54, 1.807) is 18.6 Å². The smallest absolute Gasteiger partial charge is 0.0806 e. The standard InChI is InChI=1S/C12H11BrClN3/c1-8(11-7-15-5-6-16-11)17-10-4-2-3-9(14)12(10)13/h2-8,17H,1H3. The summed E-state index contributed by atoms with van der Waals surface area (Å²) in [5, 5.41) is 4.02. The van der Waals surface area contributed by atoms with Gasteiger partial charge in [-0.15, -0.1) is 0 Å². The zero-order valence-electron chi connectivity index (χ0n) is 9.19. The van der Waals surface area contributed by atoms with Gasteiger partial charge in [0.05, 0.1) is 33.1 Å². The Morgan fingerprint density at radius 1 is 1.35 bits per heavy atom. The van der Waals surface area contributed by atoms with Crippen molar-refractivity contribution in [2.45, 2.75) is 13.0 Å². The van der Waals surface area contributed by atoms with Crippen LogP contribution >= 0.6 is 27.5 Å². The van der Waals surface area contributed by atoms with Crippen molar-refractivity contribution in [3.8, 4) is 0 Å². The summed E-state index contributed by atoms with van der Waals surface area (Å²) >= 11 is 9.48. The van der Waals surface area contributed by atoms with Gasteiger partial charge in [0, 0.05) is 12.4 Å². The van der Waals surface area contributed by atoms with Gasteiger partial charge in [0.25, 0.3) is 0 Å². The Hall–Kier alpha value is -1.13. The molecular formula is C12H11BrClN3. The van der Waals surface area contributed by atoms with E-state index >= 15 is 0 Å². The summed E-state index contributed by atoms with van der Waals surface area (Å²) in [6, 6.07) is 5.77. The van der Waals surface area contributed by atoms with Crippen LogP contribution in [-0.4, -0.2) is 9.97 Å². The number of anilines is 1. The predicted molar refractivity (Wildman–Crippen MR) is 73.2 cm³/mol. The lowest BCUT2D eigenvalue weighted by atomic mass is 10.2. The molecule has 0 aliphatic heterocycles. The van der Waals surface area contributed by atoms with Gasteiger partial charge < -0.3 is 5.32 Å². The Morgan fingerprint density at radius 2 is 2.18 bits per heavy atom. The molecule has 0 aliphatic rings. The van der Waals surface area contributed by atoms with Crippen molar-refractivity contribution in [2.24, 2.45) is 0 Å². The van der Waals surface area contributed by atoms with E-state index in [0.717, 1.165) is 15.9 Å². The number of benzene rings is 1. The lowest BCUT2D eigenvalue weighted by molar-refractivity contribution is 0.827. The van der Waals surface area contributed by atoms with Gasteiger partial charge >= 0.3 is 0 Å². The Kier molecular flexibility index (Phi) is 3.97. The minimum atomic E-state index is 0.0680. The van der Waals surface area contributed by atoms with Crippen LogP contribution in [0.5, 0.6) is 0 Å². The summed E-state index contributed by atoms with van der Waals surface area (Å²) in [7, 11) is 0. The normalized spacial score (nSPS) is 12.2. The number of hydrogen-bond acceptors (Lipinski definition) is 3. The van der Waals surface area contributed by atoms with Gasteiger partial charge in [0.15, 0.2) is 0 Å². The summed E-state index contributed by atoms with van der Waals surface area (Å²) in [6.45, 7) is 2.03. The summed E-state index contributed by atoms with van der Waals surface area (Å²) < 4.78 is 0.859. The van der Waals surface area contributed by atoms with Crippen molar-refractivity contribution < 1.29 is 0 Å². The number of rotatable bonds is 3. The van der Waals surface area contributed by atoms with Gasteiger partial charge in [-0.25, -0.2) is 0 Å². The van der Waals surface area contributed by atoms with E-state index in [1.165, 1.54) is 0 Å². The third-order valence-corrected chi connectivity index (χ3v) is 3.75. The van der Waals surface area contributed by atoms with Crippen LogP contribution in [0.1, 0.15) is 18.7 Å². The molecule has 0 spiro atoms. The highest BCUT2D eigenvalue weighted by Gasteiger charge is 2.09. The number of aromatic nitrogens is 2. The highest BCUT2D eigenvalue weighted by atomic mass is 79.9. The molecule has 2 aromatic rings. The number of nitrogens with one attached hydrogen (secondary N) is 1. The molecule has 1 unspecified atom stereocenters. The molecule has 0 saturated carbocycles. The van der Waals surface area contributed by atoms with Crippen LogP contribution in [0.15, 0.2) is 41.3 Å². The van der Waals surface area contributed by atoms with E-state index in [1.807, 2.05) is 25.1 Å². The van der Waals surface area contributed by atoms with Crippen molar-refractivity contribution in [2.75, 3.05) is 5.32 Å². The molecule has 5 heteroatoms. The summed E-state index contributed by atoms with van der Waals surface area (Å²) in [5.41, 5.74) is 1.83. The van der Waals surface area contributed by atoms with Gasteiger partial charge in [-0.1, -0.05) is 17.7 Å². The van der Waals surface area contributed by atoms with Crippen molar-refractivity contribution in [3.05, 3.63) is 52.0 Å². The van der Waals surface area contributed by atoms with Crippen molar-refractivity contribution in [3.63, 3.8) is 0 Å². The molecule has 0 fully saturated rings. The largest absolute Gasteiger partial charge is 0.376 e. The molecular weight excluding hydrogens is 302 g/mol. The Bertz CT molecular complexity index is 504. The Morgan fingerprint density at radius 3 is 2.88 bits per heavy atom. The predicted octanol–water partition coefficient (Wildman–Crippen LogP) is 4.07. The van der Waals surface area contributed by atoms with Crippen LogP contribution in [0.25, 0.3) is 0 Å². The molecule has 2 rings (SSSR count). The molecule has 0 amide bonds. The molecule has 3 nitrogen and oxygen atoms in total. The van der Waals surface area contributed by atoms with Gasteiger partial charge in [-0.05, 0) is 35.0 Å². The van der Waals surface area contributed by atoms with E-state index in [-0.39, 0.29) is 6.04 Å². The van der Waals surface area contributed by atoms with Gasteiger partial charge in [0.1, 0.15) is 0 Å². The molecule has 1 aromatic heterocycles. The first kappa shape index (κ1) is 12.3. The maximum atomic E-state index is 6.03. The van der Waals surface area contributed by atoms with Crippen LogP contribution in [0, 0.1) is 0 Å². The second-order valence-corrected chi connectivity index (χ2v) is 4.80. The molecule has 0 saturated heterocycles. The van der Waals surface area contributed by atoms with Crippen LogP contribution in [0.4, 0.5) is 5.69 Å². The second kappa shape index (κ2) is 5.47. The zero-order chi connectivity index (χ0) is 12.3. The topological polar surface area (TPSA) is 37.8 Å². The first-order valence-corrected chi connectivity index (χ1v) is 6.32. The van der Waals surface area contributed by atoms with E-state index in [0.29, 0.717) is 5.02 Å². The summed E-state index contributed by atoms with van der Waals surface area (Å²) in [4.78, 5) is 8.30. The number of halogens is 2. The lowest BCUT2D eigenvalue weighted by Gasteiger charge is -2.15. The Labute approximate surface area is 113 Å². The molecule has 17 heavy (non-hydrogen) atoms. The van der Waals surface area contributed by atoms with Crippen LogP contribution < -0.4 is 5.32 Å². The third-order valence-electron chi connectivity index (χ3n) is 2.35. The van der Waals surface area contributed by atoms with Crippen molar-refractivity contribution in [1.29, 1.82) is 0 Å². The van der Waals surface area contributed by atoms with Gasteiger partial charge in [-0.3, -0.25) is 9.97 Å². The SMILES string of the molecule is CC(Nc1cccc(Cl)c1Br)c1cnccn1. The van der Waals surface area contributed by atoms with E-state index in [2.05, 4.69) is 31.2 Å². The van der Waals surface area contributed by atoms with Crippen LogP contribution in [0.2, 0.25) is 5.02 Å². The zero-order valence-corrected chi connectivity index (χ0v) is 11.5. The minimum absolute atomic E-state index is 0.0680. The maximum absolute atomic E-state index is 6.03. The molecule has 0 aliphatic carbocycles. The first-order valence-electron chi connectivity index (χ1n) is 5.15. The lowest BCUT2D eigenvalue weighted by Crippen LogP contribution is -2.09. The van der Waals surface area contributed by atoms with E-state index in [9.17, 15) is 0 Å². The first-order chi connectivity index (χ1) is 8.18. The van der Waals surface area contributed by atoms with E-state index in [4.69, 9.17) is 11.6 Å². The molecule has 0 bridgehead atoms. The average Bonchev–Trinajstić information content (AvgIpc) is 2.36. The monoisotopic (exact) mass is 311 g/mol. The number of hydrogen-bond donors (Lipinski definition) is 1.